The first kappa shape index (κ1) is 18.7. The van der Waals surface area contributed by atoms with Gasteiger partial charge >= 0.3 is 29.6 Å². The molecule has 0 saturated heterocycles. The van der Waals surface area contributed by atoms with Crippen molar-refractivity contribution >= 4 is 0 Å². The van der Waals surface area contributed by atoms with Crippen LogP contribution in [0.25, 0.3) is 0 Å². The maximum Gasteiger partial charge on any atom is 1.00 e. The summed E-state index contributed by atoms with van der Waals surface area (Å²) in [5, 5.41) is 0. The zero-order valence-electron chi connectivity index (χ0n) is 9.10. The second kappa shape index (κ2) is 17.9. The van der Waals surface area contributed by atoms with Crippen molar-refractivity contribution in [3.05, 3.63) is 0 Å². The van der Waals surface area contributed by atoms with Gasteiger partial charge in [-0.05, 0) is 0 Å². The Hall–Kier alpha value is 0.960. The summed E-state index contributed by atoms with van der Waals surface area (Å²) in [5.41, 5.74) is 0. The van der Waals surface area contributed by atoms with E-state index in [1.807, 2.05) is 0 Å². The molecule has 0 unspecified atom stereocenters. The molecule has 0 aromatic rings. The normalized spacial score (nSPS) is 8.50. The van der Waals surface area contributed by atoms with E-state index >= 15 is 0 Å². The molecule has 1 nitrogen and oxygen atoms in total. The zero-order valence-corrected chi connectivity index (χ0v) is 11.1. The van der Waals surface area contributed by atoms with Crippen LogP contribution in [0.2, 0.25) is 0 Å². The van der Waals surface area contributed by atoms with Gasteiger partial charge in [0, 0.05) is 0 Å². The van der Waals surface area contributed by atoms with Gasteiger partial charge in [-0.15, -0.1) is 0 Å². The molecule has 12 heavy (non-hydrogen) atoms. The molecule has 0 fully saturated rings. The van der Waals surface area contributed by atoms with Crippen molar-refractivity contribution in [1.82, 2.24) is 0 Å². The first-order valence-corrected chi connectivity index (χ1v) is 4.91. The molecule has 70 valence electrons. The Morgan fingerprint density at radius 2 is 0.833 bits per heavy atom. The molecule has 0 saturated carbocycles. The van der Waals surface area contributed by atoms with E-state index in [9.17, 15) is 0 Å². The van der Waals surface area contributed by atoms with E-state index in [0.717, 1.165) is 0 Å². The van der Waals surface area contributed by atoms with Crippen LogP contribution in [0.1, 0.15) is 65.2 Å². The SMILES string of the molecule is CCCCCCCCCC.[Na+].[OH-]. The number of rotatable bonds is 7. The molecule has 0 spiro atoms. The van der Waals surface area contributed by atoms with Gasteiger partial charge in [0.1, 0.15) is 0 Å². The van der Waals surface area contributed by atoms with Crippen LogP contribution >= 0.6 is 0 Å². The van der Waals surface area contributed by atoms with Gasteiger partial charge in [0.05, 0.1) is 0 Å². The molecular formula is C10H23NaO. The molecule has 0 aromatic carbocycles. The van der Waals surface area contributed by atoms with Crippen molar-refractivity contribution in [3.8, 4) is 0 Å². The summed E-state index contributed by atoms with van der Waals surface area (Å²) in [6.45, 7) is 4.54. The second-order valence-electron chi connectivity index (χ2n) is 3.12. The Morgan fingerprint density at radius 1 is 0.583 bits per heavy atom. The molecule has 2 heteroatoms. The predicted octanol–water partition coefficient (Wildman–Crippen LogP) is 0.974. The maximum absolute atomic E-state index is 2.27. The van der Waals surface area contributed by atoms with E-state index in [4.69, 9.17) is 0 Å². The quantitative estimate of drug-likeness (QED) is 0.426. The van der Waals surface area contributed by atoms with Crippen molar-refractivity contribution < 1.29 is 35.0 Å². The van der Waals surface area contributed by atoms with E-state index in [1.54, 1.807) is 0 Å². The summed E-state index contributed by atoms with van der Waals surface area (Å²) in [6.07, 6.45) is 11.5. The van der Waals surface area contributed by atoms with Gasteiger partial charge in [-0.2, -0.15) is 0 Å². The van der Waals surface area contributed by atoms with Gasteiger partial charge in [0.25, 0.3) is 0 Å². The average molecular weight is 182 g/mol. The van der Waals surface area contributed by atoms with Crippen LogP contribution in [-0.4, -0.2) is 5.48 Å². The molecule has 0 radical (unpaired) electrons. The smallest absolute Gasteiger partial charge is 0.870 e. The Morgan fingerprint density at radius 3 is 1.08 bits per heavy atom. The van der Waals surface area contributed by atoms with Crippen molar-refractivity contribution in [2.75, 3.05) is 0 Å². The van der Waals surface area contributed by atoms with Crippen LogP contribution in [0.3, 0.4) is 0 Å². The predicted molar refractivity (Wildman–Crippen MR) is 50.2 cm³/mol. The van der Waals surface area contributed by atoms with Gasteiger partial charge in [-0.25, -0.2) is 0 Å². The average Bonchev–Trinajstić information content (AvgIpc) is 1.97. The third kappa shape index (κ3) is 17.2. The van der Waals surface area contributed by atoms with Crippen LogP contribution in [0.15, 0.2) is 0 Å². The monoisotopic (exact) mass is 182 g/mol. The molecule has 0 aliphatic heterocycles. The van der Waals surface area contributed by atoms with Crippen LogP contribution in [-0.2, 0) is 0 Å². The topological polar surface area (TPSA) is 30.0 Å². The Labute approximate surface area is 99.9 Å². The van der Waals surface area contributed by atoms with E-state index in [2.05, 4.69) is 13.8 Å². The number of unbranched alkanes of at least 4 members (excludes halogenated alkanes) is 7. The molecule has 0 aromatic heterocycles. The summed E-state index contributed by atoms with van der Waals surface area (Å²) in [7, 11) is 0. The maximum atomic E-state index is 2.27. The third-order valence-electron chi connectivity index (χ3n) is 1.96. The molecule has 0 aliphatic carbocycles. The van der Waals surface area contributed by atoms with Crippen molar-refractivity contribution in [2.24, 2.45) is 0 Å². The Kier molecular flexibility index (Phi) is 27.9. The molecule has 0 bridgehead atoms. The second-order valence-corrected chi connectivity index (χ2v) is 3.12. The van der Waals surface area contributed by atoms with E-state index in [-0.39, 0.29) is 35.0 Å². The van der Waals surface area contributed by atoms with E-state index in [1.165, 1.54) is 51.4 Å². The van der Waals surface area contributed by atoms with Gasteiger partial charge in [0.15, 0.2) is 0 Å². The molecule has 0 amide bonds. The van der Waals surface area contributed by atoms with Gasteiger partial charge in [-0.3, -0.25) is 0 Å². The fourth-order valence-electron chi connectivity index (χ4n) is 1.21. The molecule has 0 heterocycles. The fourth-order valence-corrected chi connectivity index (χ4v) is 1.21. The summed E-state index contributed by atoms with van der Waals surface area (Å²) < 4.78 is 0. The first-order chi connectivity index (χ1) is 4.91. The summed E-state index contributed by atoms with van der Waals surface area (Å²) in [6, 6.07) is 0. The van der Waals surface area contributed by atoms with E-state index < -0.39 is 0 Å². The molecule has 0 atom stereocenters. The van der Waals surface area contributed by atoms with Crippen molar-refractivity contribution in [1.29, 1.82) is 0 Å². The van der Waals surface area contributed by atoms with E-state index in [0.29, 0.717) is 0 Å². The van der Waals surface area contributed by atoms with Crippen LogP contribution in [0.5, 0.6) is 0 Å². The van der Waals surface area contributed by atoms with Crippen LogP contribution < -0.4 is 29.6 Å². The zero-order chi connectivity index (χ0) is 7.66. The third-order valence-corrected chi connectivity index (χ3v) is 1.96. The van der Waals surface area contributed by atoms with Crippen molar-refractivity contribution in [2.45, 2.75) is 65.2 Å². The summed E-state index contributed by atoms with van der Waals surface area (Å²) in [5.74, 6) is 0. The molecular weight excluding hydrogens is 159 g/mol. The standard InChI is InChI=1S/C10H22.Na.H2O/c1-3-5-7-9-10-8-6-4-2;;/h3-10H2,1-2H3;;1H2/q;+1;/p-1. The minimum Gasteiger partial charge on any atom is -0.870 e. The minimum atomic E-state index is 0. The van der Waals surface area contributed by atoms with Crippen LogP contribution in [0, 0.1) is 0 Å². The number of hydrogen-bond donors (Lipinski definition) is 0. The molecule has 0 aliphatic rings. The van der Waals surface area contributed by atoms with Gasteiger partial charge in [-0.1, -0.05) is 65.2 Å². The summed E-state index contributed by atoms with van der Waals surface area (Å²) >= 11 is 0. The molecule has 1 N–H and O–H groups in total. The van der Waals surface area contributed by atoms with Gasteiger partial charge < -0.3 is 5.48 Å². The van der Waals surface area contributed by atoms with Gasteiger partial charge in [0.2, 0.25) is 0 Å². The van der Waals surface area contributed by atoms with Crippen molar-refractivity contribution in [3.63, 3.8) is 0 Å². The van der Waals surface area contributed by atoms with Crippen LogP contribution in [0.4, 0.5) is 0 Å². The minimum absolute atomic E-state index is 0. The molecule has 0 rings (SSSR count). The first-order valence-electron chi connectivity index (χ1n) is 4.91. The number of hydrogen-bond acceptors (Lipinski definition) is 1. The Bertz CT molecular complexity index is 49.8. The Balaban J connectivity index is -0.000000405. The fraction of sp³-hybridized carbons (Fsp3) is 1.00. The summed E-state index contributed by atoms with van der Waals surface area (Å²) in [4.78, 5) is 0. The largest absolute Gasteiger partial charge is 1.00 e.